The Labute approximate surface area is 150 Å². The molecule has 0 saturated heterocycles. The van der Waals surface area contributed by atoms with E-state index in [-0.39, 0.29) is 18.1 Å². The van der Waals surface area contributed by atoms with Crippen LogP contribution >= 0.6 is 0 Å². The van der Waals surface area contributed by atoms with Crippen LogP contribution in [0.2, 0.25) is 0 Å². The molecule has 7 nitrogen and oxygen atoms in total. The van der Waals surface area contributed by atoms with Crippen molar-refractivity contribution in [2.24, 2.45) is 5.73 Å². The zero-order valence-electron chi connectivity index (χ0n) is 14.0. The topological polar surface area (TPSA) is 113 Å². The SMILES string of the molecule is NCc1cc(C(=O)NC(C(=O)Nc2ccccc2)c2ccccc2)n[nH]1. The van der Waals surface area contributed by atoms with E-state index < -0.39 is 11.9 Å². The largest absolute Gasteiger partial charge is 0.335 e. The van der Waals surface area contributed by atoms with E-state index in [2.05, 4.69) is 20.8 Å². The maximum atomic E-state index is 12.8. The van der Waals surface area contributed by atoms with Crippen molar-refractivity contribution in [2.75, 3.05) is 5.32 Å². The third kappa shape index (κ3) is 4.14. The summed E-state index contributed by atoms with van der Waals surface area (Å²) in [7, 11) is 0. The lowest BCUT2D eigenvalue weighted by atomic mass is 10.1. The van der Waals surface area contributed by atoms with Gasteiger partial charge in [0.25, 0.3) is 11.8 Å². The number of nitrogens with two attached hydrogens (primary N) is 1. The standard InChI is InChI=1S/C19H19N5O2/c20-12-15-11-16(24-23-15)18(25)22-17(13-7-3-1-4-8-13)19(26)21-14-9-5-2-6-10-14/h1-11,17H,12,20H2,(H,21,26)(H,22,25)(H,23,24). The van der Waals surface area contributed by atoms with Crippen LogP contribution in [0.15, 0.2) is 66.7 Å². The zero-order valence-corrected chi connectivity index (χ0v) is 14.0. The van der Waals surface area contributed by atoms with Gasteiger partial charge in [-0.3, -0.25) is 14.7 Å². The van der Waals surface area contributed by atoms with Crippen molar-refractivity contribution >= 4 is 17.5 Å². The van der Waals surface area contributed by atoms with Crippen LogP contribution in [0.4, 0.5) is 5.69 Å². The van der Waals surface area contributed by atoms with Crippen LogP contribution in [0, 0.1) is 0 Å². The molecule has 3 aromatic rings. The molecule has 0 aliphatic heterocycles. The Morgan fingerprint density at radius 3 is 2.31 bits per heavy atom. The number of anilines is 1. The first-order chi connectivity index (χ1) is 12.7. The number of hydrogen-bond donors (Lipinski definition) is 4. The molecule has 0 aliphatic rings. The highest BCUT2D eigenvalue weighted by atomic mass is 16.2. The number of hydrogen-bond acceptors (Lipinski definition) is 4. The van der Waals surface area contributed by atoms with Crippen LogP contribution in [0.1, 0.15) is 27.8 Å². The summed E-state index contributed by atoms with van der Waals surface area (Å²) in [6.07, 6.45) is 0. The van der Waals surface area contributed by atoms with Gasteiger partial charge in [0.1, 0.15) is 11.7 Å². The average molecular weight is 349 g/mol. The lowest BCUT2D eigenvalue weighted by Gasteiger charge is -2.18. The highest BCUT2D eigenvalue weighted by Crippen LogP contribution is 2.17. The molecule has 0 fully saturated rings. The fourth-order valence-electron chi connectivity index (χ4n) is 2.47. The molecule has 2 aromatic carbocycles. The third-order valence-corrected chi connectivity index (χ3v) is 3.80. The Hall–Kier alpha value is -3.45. The first kappa shape index (κ1) is 17.4. The third-order valence-electron chi connectivity index (χ3n) is 3.80. The molecule has 1 heterocycles. The lowest BCUT2D eigenvalue weighted by Crippen LogP contribution is -2.37. The Morgan fingerprint density at radius 1 is 1.04 bits per heavy atom. The second kappa shape index (κ2) is 8.09. The van der Waals surface area contributed by atoms with E-state index in [1.807, 2.05) is 36.4 Å². The first-order valence-electron chi connectivity index (χ1n) is 8.13. The number of carbonyl (C=O) groups is 2. The number of amides is 2. The van der Waals surface area contributed by atoms with E-state index in [4.69, 9.17) is 5.73 Å². The number of nitrogens with one attached hydrogen (secondary N) is 3. The van der Waals surface area contributed by atoms with E-state index >= 15 is 0 Å². The second-order valence-electron chi connectivity index (χ2n) is 5.65. The Bertz CT molecular complexity index is 877. The minimum atomic E-state index is -0.859. The monoisotopic (exact) mass is 349 g/mol. The number of aromatic nitrogens is 2. The van der Waals surface area contributed by atoms with Gasteiger partial charge in [0.05, 0.1) is 0 Å². The molecule has 0 radical (unpaired) electrons. The first-order valence-corrected chi connectivity index (χ1v) is 8.13. The van der Waals surface area contributed by atoms with E-state index in [1.54, 1.807) is 30.3 Å². The Balaban J connectivity index is 1.81. The molecule has 1 aromatic heterocycles. The molecule has 2 amide bonds. The van der Waals surface area contributed by atoms with Gasteiger partial charge in [-0.05, 0) is 23.8 Å². The molecule has 7 heteroatoms. The van der Waals surface area contributed by atoms with Gasteiger partial charge in [0.15, 0.2) is 0 Å². The smallest absolute Gasteiger partial charge is 0.272 e. The predicted molar refractivity (Wildman–Crippen MR) is 98.2 cm³/mol. The van der Waals surface area contributed by atoms with Gasteiger partial charge in [-0.15, -0.1) is 0 Å². The van der Waals surface area contributed by atoms with E-state index in [0.717, 1.165) is 0 Å². The van der Waals surface area contributed by atoms with E-state index in [9.17, 15) is 9.59 Å². The zero-order chi connectivity index (χ0) is 18.4. The molecule has 0 spiro atoms. The van der Waals surface area contributed by atoms with E-state index in [0.29, 0.717) is 16.9 Å². The summed E-state index contributed by atoms with van der Waals surface area (Å²) in [6.45, 7) is 0.247. The van der Waals surface area contributed by atoms with Crippen LogP contribution in [0.25, 0.3) is 0 Å². The summed E-state index contributed by atoms with van der Waals surface area (Å²) in [5, 5.41) is 12.2. The molecule has 1 atom stereocenters. The normalized spacial score (nSPS) is 11.6. The number of aromatic amines is 1. The molecular formula is C19H19N5O2. The van der Waals surface area contributed by atoms with Gasteiger partial charge >= 0.3 is 0 Å². The van der Waals surface area contributed by atoms with Crippen molar-refractivity contribution in [3.63, 3.8) is 0 Å². The quantitative estimate of drug-likeness (QED) is 0.545. The van der Waals surface area contributed by atoms with Crippen molar-refractivity contribution < 1.29 is 9.59 Å². The average Bonchev–Trinajstić information content (AvgIpc) is 3.17. The highest BCUT2D eigenvalue weighted by Gasteiger charge is 2.24. The molecule has 0 bridgehead atoms. The number of para-hydroxylation sites is 1. The minimum absolute atomic E-state index is 0.180. The van der Waals surface area contributed by atoms with Gasteiger partial charge < -0.3 is 16.4 Å². The lowest BCUT2D eigenvalue weighted by molar-refractivity contribution is -0.118. The van der Waals surface area contributed by atoms with E-state index in [1.165, 1.54) is 0 Å². The van der Waals surface area contributed by atoms with Crippen molar-refractivity contribution in [1.29, 1.82) is 0 Å². The maximum Gasteiger partial charge on any atom is 0.272 e. The van der Waals surface area contributed by atoms with Crippen molar-refractivity contribution in [1.82, 2.24) is 15.5 Å². The second-order valence-corrected chi connectivity index (χ2v) is 5.65. The van der Waals surface area contributed by atoms with Crippen molar-refractivity contribution in [2.45, 2.75) is 12.6 Å². The van der Waals surface area contributed by atoms with Gasteiger partial charge in [-0.25, -0.2) is 0 Å². The molecule has 1 unspecified atom stereocenters. The maximum absolute atomic E-state index is 12.8. The molecule has 132 valence electrons. The fourth-order valence-corrected chi connectivity index (χ4v) is 2.47. The number of H-pyrrole nitrogens is 1. The molecular weight excluding hydrogens is 330 g/mol. The molecule has 26 heavy (non-hydrogen) atoms. The van der Waals surface area contributed by atoms with Gasteiger partial charge in [-0.2, -0.15) is 5.10 Å². The number of rotatable bonds is 6. The summed E-state index contributed by atoms with van der Waals surface area (Å²) < 4.78 is 0. The summed E-state index contributed by atoms with van der Waals surface area (Å²) in [6, 6.07) is 18.8. The fraction of sp³-hybridized carbons (Fsp3) is 0.105. The van der Waals surface area contributed by atoms with Crippen molar-refractivity contribution in [3.05, 3.63) is 83.7 Å². The summed E-state index contributed by atoms with van der Waals surface area (Å²) in [5.41, 5.74) is 7.66. The highest BCUT2D eigenvalue weighted by molar-refractivity contribution is 6.00. The number of benzene rings is 2. The molecule has 5 N–H and O–H groups in total. The van der Waals surface area contributed by atoms with Gasteiger partial charge in [-0.1, -0.05) is 48.5 Å². The number of nitrogens with zero attached hydrogens (tertiary/aromatic N) is 1. The summed E-state index contributed by atoms with van der Waals surface area (Å²) >= 11 is 0. The van der Waals surface area contributed by atoms with Crippen LogP contribution in [-0.4, -0.2) is 22.0 Å². The van der Waals surface area contributed by atoms with Gasteiger partial charge in [0, 0.05) is 17.9 Å². The Kier molecular flexibility index (Phi) is 5.40. The van der Waals surface area contributed by atoms with Crippen molar-refractivity contribution in [3.8, 4) is 0 Å². The van der Waals surface area contributed by atoms with Crippen LogP contribution in [-0.2, 0) is 11.3 Å². The van der Waals surface area contributed by atoms with Crippen LogP contribution < -0.4 is 16.4 Å². The molecule has 3 rings (SSSR count). The predicted octanol–water partition coefficient (Wildman–Crippen LogP) is 1.98. The Morgan fingerprint density at radius 2 is 1.69 bits per heavy atom. The van der Waals surface area contributed by atoms with Crippen LogP contribution in [0.3, 0.4) is 0 Å². The summed E-state index contributed by atoms with van der Waals surface area (Å²) in [4.78, 5) is 25.3. The van der Waals surface area contributed by atoms with Crippen LogP contribution in [0.5, 0.6) is 0 Å². The number of carbonyl (C=O) groups excluding carboxylic acids is 2. The molecule has 0 saturated carbocycles. The van der Waals surface area contributed by atoms with Gasteiger partial charge in [0.2, 0.25) is 0 Å². The molecule has 0 aliphatic carbocycles. The summed E-state index contributed by atoms with van der Waals surface area (Å²) in [5.74, 6) is -0.802. The minimum Gasteiger partial charge on any atom is -0.335 e.